The number of anilines is 2. The van der Waals surface area contributed by atoms with Crippen LogP contribution in [-0.4, -0.2) is 67.1 Å². The molecule has 0 N–H and O–H groups in total. The van der Waals surface area contributed by atoms with Gasteiger partial charge in [-0.25, -0.2) is 9.78 Å². The van der Waals surface area contributed by atoms with E-state index in [-0.39, 0.29) is 17.9 Å². The molecule has 0 bridgehead atoms. The Kier molecular flexibility index (Phi) is 6.66. The highest BCUT2D eigenvalue weighted by molar-refractivity contribution is 5.99. The topological polar surface area (TPSA) is 89.8 Å². The molecule has 1 atom stereocenters. The van der Waals surface area contributed by atoms with Gasteiger partial charge in [-0.05, 0) is 56.2 Å². The molecule has 1 unspecified atom stereocenters. The van der Waals surface area contributed by atoms with E-state index in [0.29, 0.717) is 24.3 Å². The summed E-state index contributed by atoms with van der Waals surface area (Å²) in [5, 5.41) is 8.98. The van der Waals surface area contributed by atoms with Gasteiger partial charge in [0.05, 0.1) is 29.8 Å². The number of esters is 1. The summed E-state index contributed by atoms with van der Waals surface area (Å²) in [5.41, 5.74) is 1.89. The van der Waals surface area contributed by atoms with E-state index in [1.165, 1.54) is 0 Å². The maximum absolute atomic E-state index is 13.1. The van der Waals surface area contributed by atoms with Crippen LogP contribution in [0.15, 0.2) is 42.6 Å². The average Bonchev–Trinajstić information content (AvgIpc) is 3.04. The van der Waals surface area contributed by atoms with Crippen LogP contribution in [0, 0.1) is 11.3 Å². The number of aromatic nitrogens is 1. The third kappa shape index (κ3) is 4.58. The van der Waals surface area contributed by atoms with Crippen LogP contribution in [0.25, 0.3) is 0 Å². The highest BCUT2D eigenvalue weighted by atomic mass is 16.5. The van der Waals surface area contributed by atoms with Crippen LogP contribution in [0.2, 0.25) is 0 Å². The van der Waals surface area contributed by atoms with Crippen molar-refractivity contribution in [2.45, 2.75) is 25.8 Å². The minimum atomic E-state index is -0.361. The van der Waals surface area contributed by atoms with Crippen LogP contribution >= 0.6 is 0 Å². The molecule has 2 fully saturated rings. The lowest BCUT2D eigenvalue weighted by molar-refractivity contribution is -0.121. The third-order valence-corrected chi connectivity index (χ3v) is 6.04. The molecule has 2 aliphatic rings. The predicted octanol–water partition coefficient (Wildman–Crippen LogP) is 2.45. The number of hydrogen-bond acceptors (Lipinski definition) is 7. The molecule has 2 aliphatic heterocycles. The van der Waals surface area contributed by atoms with E-state index in [4.69, 9.17) is 10.00 Å². The van der Waals surface area contributed by atoms with Crippen LogP contribution in [0.4, 0.5) is 11.5 Å². The van der Waals surface area contributed by atoms with Gasteiger partial charge >= 0.3 is 5.97 Å². The van der Waals surface area contributed by atoms with Gasteiger partial charge in [-0.1, -0.05) is 0 Å². The van der Waals surface area contributed by atoms with Gasteiger partial charge in [-0.3, -0.25) is 9.69 Å². The fourth-order valence-electron chi connectivity index (χ4n) is 4.36. The summed E-state index contributed by atoms with van der Waals surface area (Å²) in [5.74, 6) is 0.595. The molecule has 2 saturated heterocycles. The Morgan fingerprint density at radius 3 is 2.62 bits per heavy atom. The minimum absolute atomic E-state index is 0.121. The smallest absolute Gasteiger partial charge is 0.339 e. The summed E-state index contributed by atoms with van der Waals surface area (Å²) < 4.78 is 5.02. The first-order valence-corrected chi connectivity index (χ1v) is 11.0. The zero-order valence-corrected chi connectivity index (χ0v) is 18.2. The van der Waals surface area contributed by atoms with Crippen molar-refractivity contribution in [3.63, 3.8) is 0 Å². The summed E-state index contributed by atoms with van der Waals surface area (Å²) in [7, 11) is 0. The van der Waals surface area contributed by atoms with E-state index in [0.717, 1.165) is 50.5 Å². The van der Waals surface area contributed by atoms with Gasteiger partial charge in [0.15, 0.2) is 0 Å². The lowest BCUT2D eigenvalue weighted by Gasteiger charge is -2.27. The number of amides is 1. The molecule has 0 saturated carbocycles. The third-order valence-electron chi connectivity index (χ3n) is 6.04. The van der Waals surface area contributed by atoms with Crippen LogP contribution in [0.5, 0.6) is 0 Å². The van der Waals surface area contributed by atoms with Crippen LogP contribution in [0.3, 0.4) is 0 Å². The summed E-state index contributed by atoms with van der Waals surface area (Å²) in [6.45, 7) is 6.06. The molecule has 0 spiro atoms. The quantitative estimate of drug-likeness (QED) is 0.669. The summed E-state index contributed by atoms with van der Waals surface area (Å²) in [6, 6.07) is 12.8. The van der Waals surface area contributed by atoms with E-state index in [9.17, 15) is 9.59 Å². The van der Waals surface area contributed by atoms with Crippen molar-refractivity contribution in [3.05, 3.63) is 53.7 Å². The molecule has 8 nitrogen and oxygen atoms in total. The van der Waals surface area contributed by atoms with Crippen molar-refractivity contribution in [1.29, 1.82) is 5.26 Å². The molecule has 4 rings (SSSR count). The fraction of sp³-hybridized carbons (Fsp3) is 0.417. The maximum Gasteiger partial charge on any atom is 0.339 e. The van der Waals surface area contributed by atoms with E-state index in [1.54, 1.807) is 31.3 Å². The molecular weight excluding hydrogens is 406 g/mol. The predicted molar refractivity (Wildman–Crippen MR) is 121 cm³/mol. The molecule has 1 amide bonds. The van der Waals surface area contributed by atoms with Crippen molar-refractivity contribution in [2.75, 3.05) is 49.1 Å². The first-order chi connectivity index (χ1) is 15.6. The van der Waals surface area contributed by atoms with Crippen molar-refractivity contribution in [2.24, 2.45) is 0 Å². The van der Waals surface area contributed by atoms with E-state index >= 15 is 0 Å². The zero-order valence-electron chi connectivity index (χ0n) is 18.2. The first-order valence-electron chi connectivity index (χ1n) is 11.0. The lowest BCUT2D eigenvalue weighted by Crippen LogP contribution is -2.43. The molecule has 32 heavy (non-hydrogen) atoms. The Balaban J connectivity index is 1.37. The molecule has 8 heteroatoms. The second-order valence-corrected chi connectivity index (χ2v) is 7.96. The highest BCUT2D eigenvalue weighted by Gasteiger charge is 2.37. The first kappa shape index (κ1) is 21.8. The number of benzene rings is 1. The number of hydrogen-bond donors (Lipinski definition) is 0. The number of nitrogens with zero attached hydrogens (tertiary/aromatic N) is 5. The van der Waals surface area contributed by atoms with Crippen molar-refractivity contribution < 1.29 is 14.3 Å². The van der Waals surface area contributed by atoms with Gasteiger partial charge in [0.1, 0.15) is 5.82 Å². The number of carbonyl (C=O) groups is 2. The molecule has 0 radical (unpaired) electrons. The second kappa shape index (κ2) is 9.79. The molecule has 1 aromatic heterocycles. The van der Waals surface area contributed by atoms with Gasteiger partial charge in [0, 0.05) is 44.6 Å². The number of pyridine rings is 1. The fourth-order valence-corrected chi connectivity index (χ4v) is 4.36. The van der Waals surface area contributed by atoms with Crippen LogP contribution in [0.1, 0.15) is 35.7 Å². The minimum Gasteiger partial charge on any atom is -0.462 e. The zero-order chi connectivity index (χ0) is 22.5. The number of ether oxygens (including phenoxy) is 1. The van der Waals surface area contributed by atoms with E-state index in [2.05, 4.69) is 20.9 Å². The van der Waals surface area contributed by atoms with Crippen LogP contribution in [-0.2, 0) is 9.53 Å². The average molecular weight is 434 g/mol. The number of nitriles is 1. The van der Waals surface area contributed by atoms with Crippen LogP contribution < -0.4 is 9.80 Å². The number of rotatable bonds is 5. The normalized spacial score (nSPS) is 19.5. The van der Waals surface area contributed by atoms with Gasteiger partial charge in [-0.15, -0.1) is 0 Å². The number of carbonyl (C=O) groups excluding carboxylic acids is 2. The molecule has 2 aromatic rings. The standard InChI is InChI=1S/C24H27N5O3/c1-2-32-24(31)19-6-9-22(26-17-19)28-12-3-11-27(14-15-28)21-10-13-29(23(21)30)20-7-4-18(16-25)5-8-20/h4-9,17,21H,2-3,10-15H2,1H3. The van der Waals surface area contributed by atoms with Gasteiger partial charge < -0.3 is 14.5 Å². The van der Waals surface area contributed by atoms with Crippen molar-refractivity contribution >= 4 is 23.4 Å². The SMILES string of the molecule is CCOC(=O)c1ccc(N2CCCN(C3CCN(c4ccc(C#N)cc4)C3=O)CC2)nc1. The maximum atomic E-state index is 13.1. The Labute approximate surface area is 188 Å². The largest absolute Gasteiger partial charge is 0.462 e. The summed E-state index contributed by atoms with van der Waals surface area (Å²) in [6.07, 6.45) is 3.29. The summed E-state index contributed by atoms with van der Waals surface area (Å²) in [4.78, 5) is 35.7. The lowest BCUT2D eigenvalue weighted by atomic mass is 10.2. The van der Waals surface area contributed by atoms with Gasteiger partial charge in [0.2, 0.25) is 5.91 Å². The highest BCUT2D eigenvalue weighted by Crippen LogP contribution is 2.26. The van der Waals surface area contributed by atoms with Gasteiger partial charge in [-0.2, -0.15) is 5.26 Å². The molecule has 166 valence electrons. The Morgan fingerprint density at radius 2 is 1.94 bits per heavy atom. The van der Waals surface area contributed by atoms with Crippen molar-refractivity contribution in [3.8, 4) is 6.07 Å². The van der Waals surface area contributed by atoms with E-state index in [1.807, 2.05) is 23.1 Å². The molecule has 0 aliphatic carbocycles. The molecule has 3 heterocycles. The van der Waals surface area contributed by atoms with E-state index < -0.39 is 0 Å². The van der Waals surface area contributed by atoms with Gasteiger partial charge in [0.25, 0.3) is 0 Å². The monoisotopic (exact) mass is 433 g/mol. The molecular formula is C24H27N5O3. The molecule has 1 aromatic carbocycles. The Morgan fingerprint density at radius 1 is 1.12 bits per heavy atom. The second-order valence-electron chi connectivity index (χ2n) is 7.96. The Hall–Kier alpha value is -3.44. The summed E-state index contributed by atoms with van der Waals surface area (Å²) >= 11 is 0. The van der Waals surface area contributed by atoms with Crippen molar-refractivity contribution in [1.82, 2.24) is 9.88 Å². The Bertz CT molecular complexity index is 1000.